The summed E-state index contributed by atoms with van der Waals surface area (Å²) in [5.74, 6) is 0.883. The second-order valence-electron chi connectivity index (χ2n) is 9.86. The van der Waals surface area contributed by atoms with Crippen molar-refractivity contribution in [3.05, 3.63) is 96.2 Å². The van der Waals surface area contributed by atoms with Gasteiger partial charge in [0, 0.05) is 34.4 Å². The van der Waals surface area contributed by atoms with E-state index in [1.165, 1.54) is 0 Å². The van der Waals surface area contributed by atoms with Gasteiger partial charge in [-0.25, -0.2) is 9.59 Å². The Hall–Kier alpha value is -5.42. The van der Waals surface area contributed by atoms with Gasteiger partial charge in [-0.2, -0.15) is 8.75 Å². The Morgan fingerprint density at radius 3 is 2.56 bits per heavy atom. The molecule has 1 aliphatic rings. The standard InChI is InChI=1S/C32H25N5O5S/c1-2-40-31(38)30-29(20-9-11-24-25(15-20)36-43-35-24)23-16-22(34-32(39)33-21-6-4-3-5-7-21)10-12-26(23)37(30)17-19-8-13-27-28(14-19)42-18-41-27/h3-16H,2,17-18H2,1H3,(H2,33,34,39). The lowest BCUT2D eigenvalue weighted by atomic mass is 10.0. The number of hydrogen-bond acceptors (Lipinski definition) is 8. The average Bonchev–Trinajstić information content (AvgIpc) is 3.75. The number of nitrogens with one attached hydrogen (secondary N) is 2. The summed E-state index contributed by atoms with van der Waals surface area (Å²) in [7, 11) is 0. The topological polar surface area (TPSA) is 117 Å². The van der Waals surface area contributed by atoms with Crippen molar-refractivity contribution < 1.29 is 23.8 Å². The number of anilines is 2. The van der Waals surface area contributed by atoms with E-state index in [1.54, 1.807) is 6.92 Å². The van der Waals surface area contributed by atoms with E-state index in [2.05, 4.69) is 19.4 Å². The number of fused-ring (bicyclic) bond motifs is 3. The summed E-state index contributed by atoms with van der Waals surface area (Å²) >= 11 is 1.13. The maximum absolute atomic E-state index is 13.7. The van der Waals surface area contributed by atoms with Crippen molar-refractivity contribution in [2.45, 2.75) is 13.5 Å². The highest BCUT2D eigenvalue weighted by molar-refractivity contribution is 7.00. The van der Waals surface area contributed by atoms with Gasteiger partial charge in [-0.15, -0.1) is 0 Å². The number of para-hydroxylation sites is 1. The summed E-state index contributed by atoms with van der Waals surface area (Å²) < 4.78 is 27.4. The molecule has 3 heterocycles. The molecule has 2 aromatic heterocycles. The van der Waals surface area contributed by atoms with Crippen LogP contribution in [0, 0.1) is 0 Å². The SMILES string of the molecule is CCOC(=O)c1c(-c2ccc3nsnc3c2)c2cc(NC(=O)Nc3ccccc3)ccc2n1Cc1ccc2c(c1)OCO2. The Morgan fingerprint density at radius 2 is 1.70 bits per heavy atom. The lowest BCUT2D eigenvalue weighted by Gasteiger charge is -2.12. The van der Waals surface area contributed by atoms with Gasteiger partial charge in [-0.3, -0.25) is 0 Å². The molecule has 0 atom stereocenters. The number of nitrogens with zero attached hydrogens (tertiary/aromatic N) is 3. The highest BCUT2D eigenvalue weighted by Crippen LogP contribution is 2.39. The van der Waals surface area contributed by atoms with Crippen LogP contribution in [0.4, 0.5) is 16.2 Å². The van der Waals surface area contributed by atoms with Gasteiger partial charge in [0.1, 0.15) is 16.7 Å². The first-order valence-corrected chi connectivity index (χ1v) is 14.4. The average molecular weight is 592 g/mol. The van der Waals surface area contributed by atoms with Gasteiger partial charge >= 0.3 is 12.0 Å². The quantitative estimate of drug-likeness (QED) is 0.194. The molecule has 7 rings (SSSR count). The first-order valence-electron chi connectivity index (χ1n) is 13.6. The molecule has 6 aromatic rings. The predicted octanol–water partition coefficient (Wildman–Crippen LogP) is 6.91. The molecule has 0 saturated heterocycles. The molecule has 11 heteroatoms. The first-order chi connectivity index (χ1) is 21.1. The summed E-state index contributed by atoms with van der Waals surface area (Å²) in [6, 6.07) is 25.9. The second kappa shape index (κ2) is 11.1. The van der Waals surface area contributed by atoms with Crippen LogP contribution in [0.2, 0.25) is 0 Å². The Kier molecular flexibility index (Phi) is 6.84. The molecule has 0 saturated carbocycles. The molecule has 0 unspecified atom stereocenters. The molecule has 1 aliphatic heterocycles. The van der Waals surface area contributed by atoms with Crippen LogP contribution in [0.5, 0.6) is 11.5 Å². The van der Waals surface area contributed by atoms with E-state index < -0.39 is 5.97 Å². The molecule has 4 aromatic carbocycles. The fourth-order valence-corrected chi connectivity index (χ4v) is 5.79. The van der Waals surface area contributed by atoms with Gasteiger partial charge in [-0.05, 0) is 72.6 Å². The van der Waals surface area contributed by atoms with E-state index in [4.69, 9.17) is 14.2 Å². The Balaban J connectivity index is 1.38. The van der Waals surface area contributed by atoms with Crippen molar-refractivity contribution in [2.75, 3.05) is 24.0 Å². The number of ether oxygens (including phenoxy) is 3. The van der Waals surface area contributed by atoms with Crippen LogP contribution in [0.15, 0.2) is 84.9 Å². The maximum atomic E-state index is 13.7. The van der Waals surface area contributed by atoms with Crippen LogP contribution in [-0.2, 0) is 11.3 Å². The fraction of sp³-hybridized carbons (Fsp3) is 0.125. The van der Waals surface area contributed by atoms with Gasteiger partial charge in [0.2, 0.25) is 6.79 Å². The largest absolute Gasteiger partial charge is 0.461 e. The zero-order valence-electron chi connectivity index (χ0n) is 23.0. The van der Waals surface area contributed by atoms with Crippen molar-refractivity contribution in [3.63, 3.8) is 0 Å². The van der Waals surface area contributed by atoms with Crippen LogP contribution < -0.4 is 20.1 Å². The van der Waals surface area contributed by atoms with Crippen LogP contribution in [0.3, 0.4) is 0 Å². The van der Waals surface area contributed by atoms with Crippen LogP contribution >= 0.6 is 11.7 Å². The molecule has 0 spiro atoms. The predicted molar refractivity (Wildman–Crippen MR) is 165 cm³/mol. The number of carbonyl (C=O) groups is 2. The number of amides is 2. The van der Waals surface area contributed by atoms with Gasteiger partial charge in [0.25, 0.3) is 0 Å². The highest BCUT2D eigenvalue weighted by atomic mass is 32.1. The molecule has 2 N–H and O–H groups in total. The molecule has 2 amide bonds. The van der Waals surface area contributed by atoms with E-state index >= 15 is 0 Å². The third-order valence-corrected chi connectivity index (χ3v) is 7.70. The molecule has 0 aliphatic carbocycles. The molecular formula is C32H25N5O5S. The third-order valence-electron chi connectivity index (χ3n) is 7.14. The smallest absolute Gasteiger partial charge is 0.355 e. The fourth-order valence-electron chi connectivity index (χ4n) is 5.27. The van der Waals surface area contributed by atoms with E-state index in [0.717, 1.165) is 44.8 Å². The minimum absolute atomic E-state index is 0.172. The molecule has 0 fully saturated rings. The second-order valence-corrected chi connectivity index (χ2v) is 10.4. The maximum Gasteiger partial charge on any atom is 0.355 e. The number of esters is 1. The zero-order valence-corrected chi connectivity index (χ0v) is 23.8. The number of hydrogen-bond donors (Lipinski definition) is 2. The minimum atomic E-state index is -0.456. The van der Waals surface area contributed by atoms with Crippen LogP contribution in [0.1, 0.15) is 23.0 Å². The molecule has 0 bridgehead atoms. The van der Waals surface area contributed by atoms with Crippen LogP contribution in [-0.4, -0.2) is 38.7 Å². The van der Waals surface area contributed by atoms with E-state index in [-0.39, 0.29) is 19.4 Å². The van der Waals surface area contributed by atoms with Crippen molar-refractivity contribution in [1.29, 1.82) is 0 Å². The highest BCUT2D eigenvalue weighted by Gasteiger charge is 2.26. The molecule has 10 nitrogen and oxygen atoms in total. The van der Waals surface area contributed by atoms with Gasteiger partial charge in [0.15, 0.2) is 11.5 Å². The summed E-state index contributed by atoms with van der Waals surface area (Å²) in [6.45, 7) is 2.53. The monoisotopic (exact) mass is 591 g/mol. The minimum Gasteiger partial charge on any atom is -0.461 e. The number of benzene rings is 4. The van der Waals surface area contributed by atoms with E-state index in [9.17, 15) is 9.59 Å². The Labute approximate surface area is 250 Å². The third kappa shape index (κ3) is 5.10. The summed E-state index contributed by atoms with van der Waals surface area (Å²) in [5, 5.41) is 6.53. The molecule has 214 valence electrons. The number of carbonyl (C=O) groups excluding carboxylic acids is 2. The molecule has 43 heavy (non-hydrogen) atoms. The van der Waals surface area contributed by atoms with Crippen molar-refractivity contribution in [1.82, 2.24) is 13.3 Å². The van der Waals surface area contributed by atoms with Gasteiger partial charge < -0.3 is 29.4 Å². The van der Waals surface area contributed by atoms with Crippen molar-refractivity contribution in [2.24, 2.45) is 0 Å². The van der Waals surface area contributed by atoms with E-state index in [0.29, 0.717) is 40.7 Å². The number of rotatable bonds is 7. The molecular weight excluding hydrogens is 566 g/mol. The number of urea groups is 1. The van der Waals surface area contributed by atoms with Gasteiger partial charge in [0.05, 0.1) is 18.3 Å². The lowest BCUT2D eigenvalue weighted by molar-refractivity contribution is 0.0516. The normalized spacial score (nSPS) is 12.0. The zero-order chi connectivity index (χ0) is 29.3. The number of aromatic nitrogens is 3. The Bertz CT molecular complexity index is 2000. The summed E-state index contributed by atoms with van der Waals surface area (Å²) in [6.07, 6.45) is 0. The van der Waals surface area contributed by atoms with Crippen LogP contribution in [0.25, 0.3) is 33.1 Å². The van der Waals surface area contributed by atoms with E-state index in [1.807, 2.05) is 89.5 Å². The summed E-state index contributed by atoms with van der Waals surface area (Å²) in [4.78, 5) is 26.5. The molecule has 0 radical (unpaired) electrons. The van der Waals surface area contributed by atoms with Gasteiger partial charge in [-0.1, -0.05) is 30.3 Å². The lowest BCUT2D eigenvalue weighted by Crippen LogP contribution is -2.19. The first kappa shape index (κ1) is 26.5. The Morgan fingerprint density at radius 1 is 0.884 bits per heavy atom. The van der Waals surface area contributed by atoms with Crippen molar-refractivity contribution in [3.8, 4) is 22.6 Å². The van der Waals surface area contributed by atoms with Crippen molar-refractivity contribution >= 4 is 57.0 Å². The summed E-state index contributed by atoms with van der Waals surface area (Å²) in [5.41, 5.74) is 6.30.